The molecule has 0 aliphatic carbocycles. The summed E-state index contributed by atoms with van der Waals surface area (Å²) in [7, 11) is 0. The van der Waals surface area contributed by atoms with Gasteiger partial charge < -0.3 is 15.8 Å². The number of amides is 1. The summed E-state index contributed by atoms with van der Waals surface area (Å²) < 4.78 is 5.38. The fourth-order valence-electron chi connectivity index (χ4n) is 1.53. The highest BCUT2D eigenvalue weighted by Crippen LogP contribution is 2.14. The van der Waals surface area contributed by atoms with Crippen LogP contribution in [0.2, 0.25) is 0 Å². The SMILES string of the molecule is NCCOc1cccc(C(=O)Nc2ccccn2)c1. The van der Waals surface area contributed by atoms with Gasteiger partial charge in [-0.3, -0.25) is 4.79 Å². The molecule has 0 aliphatic rings. The minimum atomic E-state index is -0.225. The zero-order chi connectivity index (χ0) is 13.5. The molecule has 1 aromatic heterocycles. The standard InChI is InChI=1S/C14H15N3O2/c15-7-9-19-12-5-3-4-11(10-12)14(18)17-13-6-1-2-8-16-13/h1-6,8,10H,7,9,15H2,(H,16,17,18). The van der Waals surface area contributed by atoms with Gasteiger partial charge in [-0.15, -0.1) is 0 Å². The van der Waals surface area contributed by atoms with Gasteiger partial charge in [-0.2, -0.15) is 0 Å². The van der Waals surface area contributed by atoms with E-state index in [1.54, 1.807) is 42.6 Å². The van der Waals surface area contributed by atoms with Crippen molar-refractivity contribution in [2.24, 2.45) is 5.73 Å². The van der Waals surface area contributed by atoms with Crippen molar-refractivity contribution < 1.29 is 9.53 Å². The zero-order valence-electron chi connectivity index (χ0n) is 10.4. The molecule has 1 aromatic carbocycles. The number of carbonyl (C=O) groups excluding carboxylic acids is 1. The molecule has 1 amide bonds. The van der Waals surface area contributed by atoms with E-state index in [9.17, 15) is 4.79 Å². The van der Waals surface area contributed by atoms with Gasteiger partial charge in [-0.05, 0) is 30.3 Å². The number of nitrogens with one attached hydrogen (secondary N) is 1. The zero-order valence-corrected chi connectivity index (χ0v) is 10.4. The molecule has 98 valence electrons. The predicted octanol–water partition coefficient (Wildman–Crippen LogP) is 1.67. The molecule has 19 heavy (non-hydrogen) atoms. The average molecular weight is 257 g/mol. The molecule has 3 N–H and O–H groups in total. The van der Waals surface area contributed by atoms with Gasteiger partial charge in [0.1, 0.15) is 18.2 Å². The second-order valence-corrected chi connectivity index (χ2v) is 3.83. The molecule has 0 saturated carbocycles. The number of ether oxygens (including phenoxy) is 1. The van der Waals surface area contributed by atoms with Gasteiger partial charge in [-0.1, -0.05) is 12.1 Å². The average Bonchev–Trinajstić information content (AvgIpc) is 2.46. The van der Waals surface area contributed by atoms with E-state index in [0.717, 1.165) is 0 Å². The third-order valence-corrected chi connectivity index (χ3v) is 2.39. The van der Waals surface area contributed by atoms with Gasteiger partial charge in [0, 0.05) is 18.3 Å². The number of aromatic nitrogens is 1. The van der Waals surface area contributed by atoms with Crippen LogP contribution in [-0.4, -0.2) is 24.0 Å². The summed E-state index contributed by atoms with van der Waals surface area (Å²) in [4.78, 5) is 16.0. The normalized spacial score (nSPS) is 9.95. The number of carbonyl (C=O) groups is 1. The van der Waals surface area contributed by atoms with E-state index >= 15 is 0 Å². The third kappa shape index (κ3) is 3.79. The molecule has 0 unspecified atom stereocenters. The molecule has 0 aliphatic heterocycles. The van der Waals surface area contributed by atoms with Gasteiger partial charge in [0.05, 0.1) is 0 Å². The quantitative estimate of drug-likeness (QED) is 0.854. The first-order chi connectivity index (χ1) is 9.29. The van der Waals surface area contributed by atoms with Crippen molar-refractivity contribution in [1.29, 1.82) is 0 Å². The first kappa shape index (κ1) is 13.0. The topological polar surface area (TPSA) is 77.2 Å². The van der Waals surface area contributed by atoms with Crippen molar-refractivity contribution in [3.05, 3.63) is 54.2 Å². The van der Waals surface area contributed by atoms with Crippen LogP contribution in [0.4, 0.5) is 5.82 Å². The van der Waals surface area contributed by atoms with Crippen LogP contribution >= 0.6 is 0 Å². The lowest BCUT2D eigenvalue weighted by Crippen LogP contribution is -2.14. The Labute approximate surface area is 111 Å². The molecule has 0 bridgehead atoms. The number of pyridine rings is 1. The highest BCUT2D eigenvalue weighted by Gasteiger charge is 2.07. The Hall–Kier alpha value is -2.40. The number of nitrogens with zero attached hydrogens (tertiary/aromatic N) is 1. The Balaban J connectivity index is 2.06. The summed E-state index contributed by atoms with van der Waals surface area (Å²) in [6, 6.07) is 12.3. The van der Waals surface area contributed by atoms with Crippen LogP contribution in [0.25, 0.3) is 0 Å². The van der Waals surface area contributed by atoms with E-state index in [1.807, 2.05) is 6.07 Å². The Bertz CT molecular complexity index is 543. The van der Waals surface area contributed by atoms with Crippen LogP contribution in [0.3, 0.4) is 0 Å². The molecule has 0 fully saturated rings. The Morgan fingerprint density at radius 3 is 2.89 bits per heavy atom. The number of anilines is 1. The largest absolute Gasteiger partial charge is 0.492 e. The van der Waals surface area contributed by atoms with E-state index in [2.05, 4.69) is 10.3 Å². The van der Waals surface area contributed by atoms with Crippen LogP contribution < -0.4 is 15.8 Å². The first-order valence-electron chi connectivity index (χ1n) is 5.95. The van der Waals surface area contributed by atoms with Crippen molar-refractivity contribution in [3.63, 3.8) is 0 Å². The van der Waals surface area contributed by atoms with Gasteiger partial charge in [0.15, 0.2) is 0 Å². The number of hydrogen-bond acceptors (Lipinski definition) is 4. The van der Waals surface area contributed by atoms with Gasteiger partial charge >= 0.3 is 0 Å². The van der Waals surface area contributed by atoms with Gasteiger partial charge in [0.25, 0.3) is 5.91 Å². The van der Waals surface area contributed by atoms with Crippen molar-refractivity contribution in [1.82, 2.24) is 4.98 Å². The fraction of sp³-hybridized carbons (Fsp3) is 0.143. The highest BCUT2D eigenvalue weighted by molar-refractivity contribution is 6.03. The summed E-state index contributed by atoms with van der Waals surface area (Å²) >= 11 is 0. The lowest BCUT2D eigenvalue weighted by Gasteiger charge is -2.07. The number of rotatable bonds is 5. The van der Waals surface area contributed by atoms with Gasteiger partial charge in [-0.25, -0.2) is 4.98 Å². The van der Waals surface area contributed by atoms with E-state index in [4.69, 9.17) is 10.5 Å². The fourth-order valence-corrected chi connectivity index (χ4v) is 1.53. The predicted molar refractivity (Wildman–Crippen MR) is 73.2 cm³/mol. The van der Waals surface area contributed by atoms with Crippen molar-refractivity contribution >= 4 is 11.7 Å². The van der Waals surface area contributed by atoms with Crippen molar-refractivity contribution in [2.45, 2.75) is 0 Å². The maximum Gasteiger partial charge on any atom is 0.256 e. The van der Waals surface area contributed by atoms with Crippen LogP contribution in [0.15, 0.2) is 48.7 Å². The molecular weight excluding hydrogens is 242 g/mol. The second-order valence-electron chi connectivity index (χ2n) is 3.83. The van der Waals surface area contributed by atoms with Crippen LogP contribution in [-0.2, 0) is 0 Å². The molecule has 0 saturated heterocycles. The molecule has 0 radical (unpaired) electrons. The number of nitrogens with two attached hydrogens (primary N) is 1. The number of hydrogen-bond donors (Lipinski definition) is 2. The molecule has 1 heterocycles. The molecule has 5 heteroatoms. The van der Waals surface area contributed by atoms with E-state index in [-0.39, 0.29) is 5.91 Å². The number of benzene rings is 1. The lowest BCUT2D eigenvalue weighted by molar-refractivity contribution is 0.102. The molecule has 0 atom stereocenters. The van der Waals surface area contributed by atoms with Gasteiger partial charge in [0.2, 0.25) is 0 Å². The smallest absolute Gasteiger partial charge is 0.256 e. The third-order valence-electron chi connectivity index (χ3n) is 2.39. The van der Waals surface area contributed by atoms with E-state index in [0.29, 0.717) is 30.3 Å². The summed E-state index contributed by atoms with van der Waals surface area (Å²) in [5.41, 5.74) is 5.88. The summed E-state index contributed by atoms with van der Waals surface area (Å²) in [6.07, 6.45) is 1.62. The minimum absolute atomic E-state index is 0.225. The van der Waals surface area contributed by atoms with E-state index in [1.165, 1.54) is 0 Å². The molecule has 5 nitrogen and oxygen atoms in total. The summed E-state index contributed by atoms with van der Waals surface area (Å²) in [5, 5.41) is 2.71. The molecule has 2 aromatic rings. The summed E-state index contributed by atoms with van der Waals surface area (Å²) in [6.45, 7) is 0.857. The van der Waals surface area contributed by atoms with Crippen molar-refractivity contribution in [2.75, 3.05) is 18.5 Å². The van der Waals surface area contributed by atoms with Crippen LogP contribution in [0, 0.1) is 0 Å². The lowest BCUT2D eigenvalue weighted by atomic mass is 10.2. The maximum absolute atomic E-state index is 12.0. The first-order valence-corrected chi connectivity index (χ1v) is 5.95. The maximum atomic E-state index is 12.0. The molecular formula is C14H15N3O2. The Morgan fingerprint density at radius 1 is 1.26 bits per heavy atom. The Kier molecular flexibility index (Phi) is 4.47. The highest BCUT2D eigenvalue weighted by atomic mass is 16.5. The molecule has 0 spiro atoms. The second kappa shape index (κ2) is 6.51. The van der Waals surface area contributed by atoms with Crippen LogP contribution in [0.5, 0.6) is 5.75 Å². The molecule has 2 rings (SSSR count). The van der Waals surface area contributed by atoms with Crippen LogP contribution in [0.1, 0.15) is 10.4 Å². The summed E-state index contributed by atoms with van der Waals surface area (Å²) in [5.74, 6) is 0.914. The van der Waals surface area contributed by atoms with E-state index < -0.39 is 0 Å². The van der Waals surface area contributed by atoms with Crippen molar-refractivity contribution in [3.8, 4) is 5.75 Å². The Morgan fingerprint density at radius 2 is 2.16 bits per heavy atom. The minimum Gasteiger partial charge on any atom is -0.492 e. The monoisotopic (exact) mass is 257 g/mol.